The lowest BCUT2D eigenvalue weighted by Gasteiger charge is -2.44. The maximum absolute atomic E-state index is 12.5. The van der Waals surface area contributed by atoms with Crippen LogP contribution in [0.25, 0.3) is 0 Å². The van der Waals surface area contributed by atoms with E-state index in [-0.39, 0.29) is 35.2 Å². The molecule has 1 fully saturated rings. The van der Waals surface area contributed by atoms with Gasteiger partial charge < -0.3 is 9.47 Å². The maximum atomic E-state index is 12.5. The summed E-state index contributed by atoms with van der Waals surface area (Å²) in [5.41, 5.74) is 0.690. The third kappa shape index (κ3) is 4.26. The van der Waals surface area contributed by atoms with Crippen LogP contribution in [0.5, 0.6) is 0 Å². The Morgan fingerprint density at radius 3 is 2.62 bits per heavy atom. The van der Waals surface area contributed by atoms with Crippen LogP contribution in [0.15, 0.2) is 35.4 Å². The lowest BCUT2D eigenvalue weighted by atomic mass is 9.92. The predicted octanol–water partition coefficient (Wildman–Crippen LogP) is 2.74. The highest BCUT2D eigenvalue weighted by Crippen LogP contribution is 2.47. The zero-order valence-electron chi connectivity index (χ0n) is 15.9. The van der Waals surface area contributed by atoms with Crippen molar-refractivity contribution in [2.45, 2.75) is 44.8 Å². The number of carbonyl (C=O) groups excluding carboxylic acids is 3. The summed E-state index contributed by atoms with van der Waals surface area (Å²) < 4.78 is 10.5. The normalized spacial score (nSPS) is 21.0. The zero-order chi connectivity index (χ0) is 21.1. The predicted molar refractivity (Wildman–Crippen MR) is 103 cm³/mol. The first-order valence-corrected chi connectivity index (χ1v) is 10.1. The molecule has 1 amide bonds. The molecule has 10 heteroatoms. The number of non-ortho nitro benzene ring substituents is 1. The molecule has 2 aliphatic heterocycles. The number of esters is 2. The molecule has 0 unspecified atom stereocenters. The number of nitro benzene ring substituents is 1. The molecule has 154 valence electrons. The van der Waals surface area contributed by atoms with Gasteiger partial charge >= 0.3 is 11.9 Å². The second-order valence-corrected chi connectivity index (χ2v) is 7.70. The molecule has 3 atom stereocenters. The van der Waals surface area contributed by atoms with Crippen molar-refractivity contribution in [2.75, 3.05) is 0 Å². The van der Waals surface area contributed by atoms with E-state index in [1.54, 1.807) is 12.3 Å². The van der Waals surface area contributed by atoms with Crippen molar-refractivity contribution >= 4 is 35.3 Å². The topological polar surface area (TPSA) is 116 Å². The molecule has 1 saturated heterocycles. The standard InChI is InChI=1S/C19H20N2O7S/c1-3-4-15(22)28-11(2)16-17(23)20-14(10-29-18(16)20)19(24)27-9-12-5-7-13(8-6-12)21(25)26/h5-8,10-11,16,18H,3-4,9H2,1-2H3/t11-,16+,18+/m1/s1. The van der Waals surface area contributed by atoms with Crippen LogP contribution in [0.3, 0.4) is 0 Å². The Bertz CT molecular complexity index is 868. The zero-order valence-corrected chi connectivity index (χ0v) is 16.7. The molecular weight excluding hydrogens is 400 g/mol. The summed E-state index contributed by atoms with van der Waals surface area (Å²) in [6, 6.07) is 5.66. The van der Waals surface area contributed by atoms with Gasteiger partial charge in [0.2, 0.25) is 5.91 Å². The van der Waals surface area contributed by atoms with Crippen LogP contribution >= 0.6 is 11.8 Å². The Kier molecular flexibility index (Phi) is 6.21. The molecule has 3 rings (SSSR count). The number of hydrogen-bond donors (Lipinski definition) is 0. The van der Waals surface area contributed by atoms with Gasteiger partial charge in [-0.15, -0.1) is 11.8 Å². The van der Waals surface area contributed by atoms with E-state index < -0.39 is 22.9 Å². The summed E-state index contributed by atoms with van der Waals surface area (Å²) in [6.07, 6.45) is 0.394. The molecule has 29 heavy (non-hydrogen) atoms. The van der Waals surface area contributed by atoms with Crippen LogP contribution in [-0.4, -0.2) is 39.1 Å². The van der Waals surface area contributed by atoms with Crippen molar-refractivity contribution in [3.63, 3.8) is 0 Å². The van der Waals surface area contributed by atoms with Crippen LogP contribution in [0, 0.1) is 16.0 Å². The van der Waals surface area contributed by atoms with Gasteiger partial charge in [-0.25, -0.2) is 4.79 Å². The third-order valence-corrected chi connectivity index (χ3v) is 5.81. The van der Waals surface area contributed by atoms with E-state index >= 15 is 0 Å². The number of nitro groups is 1. The molecule has 2 heterocycles. The number of ether oxygens (including phenoxy) is 2. The van der Waals surface area contributed by atoms with E-state index in [0.29, 0.717) is 18.4 Å². The fraction of sp³-hybridized carbons (Fsp3) is 0.421. The Labute approximate surface area is 171 Å². The van der Waals surface area contributed by atoms with E-state index in [1.807, 2.05) is 6.92 Å². The second-order valence-electron chi connectivity index (χ2n) is 6.71. The molecule has 0 aliphatic carbocycles. The van der Waals surface area contributed by atoms with Gasteiger partial charge in [-0.2, -0.15) is 0 Å². The molecule has 0 saturated carbocycles. The molecule has 0 spiro atoms. The minimum absolute atomic E-state index is 0.0520. The Morgan fingerprint density at radius 1 is 1.31 bits per heavy atom. The number of fused-ring (bicyclic) bond motifs is 1. The molecule has 2 aliphatic rings. The number of thioether (sulfide) groups is 1. The highest BCUT2D eigenvalue weighted by Gasteiger charge is 2.56. The minimum atomic E-state index is -0.652. The van der Waals surface area contributed by atoms with Gasteiger partial charge in [-0.3, -0.25) is 24.6 Å². The molecule has 1 aromatic rings. The smallest absolute Gasteiger partial charge is 0.355 e. The molecule has 0 bridgehead atoms. The van der Waals surface area contributed by atoms with Gasteiger partial charge in [0.15, 0.2) is 0 Å². The molecule has 0 N–H and O–H groups in total. The van der Waals surface area contributed by atoms with E-state index in [1.165, 1.54) is 40.9 Å². The van der Waals surface area contributed by atoms with Gasteiger partial charge in [0.25, 0.3) is 5.69 Å². The highest BCUT2D eigenvalue weighted by molar-refractivity contribution is 8.03. The summed E-state index contributed by atoms with van der Waals surface area (Å²) in [5.74, 6) is -1.78. The summed E-state index contributed by atoms with van der Waals surface area (Å²) in [6.45, 7) is 3.48. The second kappa shape index (κ2) is 8.64. The van der Waals surface area contributed by atoms with Crippen molar-refractivity contribution in [3.05, 3.63) is 51.0 Å². The van der Waals surface area contributed by atoms with E-state index in [2.05, 4.69) is 0 Å². The van der Waals surface area contributed by atoms with Gasteiger partial charge in [0.05, 0.1) is 4.92 Å². The van der Waals surface area contributed by atoms with Crippen molar-refractivity contribution in [1.29, 1.82) is 0 Å². The van der Waals surface area contributed by atoms with Gasteiger partial charge in [0, 0.05) is 24.0 Å². The van der Waals surface area contributed by atoms with E-state index in [4.69, 9.17) is 9.47 Å². The summed E-state index contributed by atoms with van der Waals surface area (Å²) in [5, 5.41) is 11.9. The first kappa shape index (κ1) is 20.8. The lowest BCUT2D eigenvalue weighted by Crippen LogP contribution is -2.61. The van der Waals surface area contributed by atoms with E-state index in [0.717, 1.165) is 0 Å². The highest BCUT2D eigenvalue weighted by atomic mass is 32.2. The fourth-order valence-corrected chi connectivity index (χ4v) is 4.46. The Morgan fingerprint density at radius 2 is 2.00 bits per heavy atom. The number of β-lactam (4-membered cyclic amide) rings is 1. The summed E-state index contributed by atoms with van der Waals surface area (Å²) in [4.78, 5) is 48.1. The average molecular weight is 420 g/mol. The Balaban J connectivity index is 1.54. The van der Waals surface area contributed by atoms with Crippen LogP contribution in [0.1, 0.15) is 32.3 Å². The lowest BCUT2D eigenvalue weighted by molar-refractivity contribution is -0.384. The number of nitrogens with zero attached hydrogens (tertiary/aromatic N) is 2. The number of amides is 1. The average Bonchev–Trinajstić information content (AvgIpc) is 3.05. The molecule has 0 aromatic heterocycles. The van der Waals surface area contributed by atoms with Gasteiger partial charge in [0.1, 0.15) is 29.7 Å². The summed E-state index contributed by atoms with van der Waals surface area (Å²) >= 11 is 1.31. The van der Waals surface area contributed by atoms with Crippen LogP contribution < -0.4 is 0 Å². The van der Waals surface area contributed by atoms with Crippen molar-refractivity contribution in [1.82, 2.24) is 4.90 Å². The fourth-order valence-electron chi connectivity index (χ4n) is 3.14. The van der Waals surface area contributed by atoms with Crippen molar-refractivity contribution in [3.8, 4) is 0 Å². The molecular formula is C19H20N2O7S. The Hall–Kier alpha value is -2.88. The summed E-state index contributed by atoms with van der Waals surface area (Å²) in [7, 11) is 0. The van der Waals surface area contributed by atoms with Gasteiger partial charge in [-0.1, -0.05) is 6.92 Å². The van der Waals surface area contributed by atoms with Crippen molar-refractivity contribution in [2.24, 2.45) is 5.92 Å². The molecule has 9 nitrogen and oxygen atoms in total. The maximum Gasteiger partial charge on any atom is 0.355 e. The first-order chi connectivity index (χ1) is 13.8. The van der Waals surface area contributed by atoms with Crippen LogP contribution in [-0.2, 0) is 30.5 Å². The number of carbonyl (C=O) groups is 3. The largest absolute Gasteiger partial charge is 0.462 e. The number of benzene rings is 1. The number of hydrogen-bond acceptors (Lipinski definition) is 8. The SMILES string of the molecule is CCCC(=O)O[C@H](C)[C@H]1C(=O)N2C(C(=O)OCc3ccc([N+](=O)[O-])cc3)=CS[C@@H]12. The third-order valence-electron chi connectivity index (χ3n) is 4.67. The molecule has 0 radical (unpaired) electrons. The van der Waals surface area contributed by atoms with Crippen LogP contribution in [0.4, 0.5) is 5.69 Å². The first-order valence-electron chi connectivity index (χ1n) is 9.12. The van der Waals surface area contributed by atoms with Crippen LogP contribution in [0.2, 0.25) is 0 Å². The molecule has 1 aromatic carbocycles. The monoisotopic (exact) mass is 420 g/mol. The van der Waals surface area contributed by atoms with Crippen molar-refractivity contribution < 1.29 is 28.8 Å². The quantitative estimate of drug-likeness (QED) is 0.273. The minimum Gasteiger partial charge on any atom is -0.462 e. The van der Waals surface area contributed by atoms with E-state index in [9.17, 15) is 24.5 Å². The van der Waals surface area contributed by atoms with Gasteiger partial charge in [-0.05, 0) is 31.0 Å². The number of rotatable bonds is 8.